The molecule has 0 atom stereocenters. The van der Waals surface area contributed by atoms with Gasteiger partial charge in [0.05, 0.1) is 32.3 Å². The predicted molar refractivity (Wildman–Crippen MR) is 135 cm³/mol. The van der Waals surface area contributed by atoms with Crippen molar-refractivity contribution in [3.8, 4) is 39.9 Å². The minimum absolute atomic E-state index is 0.149. The molecule has 10 heteroatoms. The molecular weight excluding hydrogens is 472 g/mol. The van der Waals surface area contributed by atoms with Crippen molar-refractivity contribution in [2.45, 2.75) is 11.9 Å². The van der Waals surface area contributed by atoms with Crippen LogP contribution in [0.5, 0.6) is 17.2 Å². The number of imidazole rings is 1. The van der Waals surface area contributed by atoms with Crippen LogP contribution in [0.3, 0.4) is 0 Å². The van der Waals surface area contributed by atoms with Gasteiger partial charge < -0.3 is 24.5 Å². The smallest absolute Gasteiger partial charge is 0.236 e. The zero-order valence-corrected chi connectivity index (χ0v) is 20.6. The number of anilines is 1. The van der Waals surface area contributed by atoms with Crippen LogP contribution in [0.1, 0.15) is 6.92 Å². The van der Waals surface area contributed by atoms with Crippen LogP contribution in [-0.4, -0.2) is 47.4 Å². The number of ether oxygens (including phenoxy) is 3. The molecule has 0 aliphatic heterocycles. The molecule has 4 rings (SSSR count). The van der Waals surface area contributed by atoms with Crippen LogP contribution < -0.4 is 19.5 Å². The van der Waals surface area contributed by atoms with E-state index in [-0.39, 0.29) is 11.7 Å². The number of hydrogen-bond acceptors (Lipinski definition) is 8. The summed E-state index contributed by atoms with van der Waals surface area (Å²) in [5.74, 6) is 2.77. The summed E-state index contributed by atoms with van der Waals surface area (Å²) in [5.41, 5.74) is 2.56. The third kappa shape index (κ3) is 5.52. The Morgan fingerprint density at radius 2 is 1.85 bits per heavy atom. The molecule has 4 aromatic rings. The van der Waals surface area contributed by atoms with Crippen molar-refractivity contribution in [1.82, 2.24) is 15.0 Å². The summed E-state index contributed by atoms with van der Waals surface area (Å²) in [6.07, 6.45) is 1.65. The number of aromatic nitrogens is 3. The highest BCUT2D eigenvalue weighted by atomic mass is 32.2. The van der Waals surface area contributed by atoms with E-state index in [0.29, 0.717) is 34.1 Å². The molecule has 0 fully saturated rings. The van der Waals surface area contributed by atoms with Crippen LogP contribution in [0.15, 0.2) is 59.1 Å². The second-order valence-electron chi connectivity index (χ2n) is 6.97. The monoisotopic (exact) mass is 496 g/mol. The molecule has 0 radical (unpaired) electrons. The molecule has 2 N–H and O–H groups in total. The van der Waals surface area contributed by atoms with Gasteiger partial charge in [0.25, 0.3) is 0 Å². The van der Waals surface area contributed by atoms with Crippen LogP contribution in [0, 0.1) is 0 Å². The van der Waals surface area contributed by atoms with Crippen molar-refractivity contribution in [1.29, 1.82) is 0 Å². The lowest BCUT2D eigenvalue weighted by Gasteiger charge is -2.09. The van der Waals surface area contributed by atoms with Gasteiger partial charge in [-0.2, -0.15) is 0 Å². The molecule has 8 nitrogen and oxygen atoms in total. The molecule has 0 unspecified atom stereocenters. The molecule has 176 valence electrons. The fraction of sp³-hybridized carbons (Fsp3) is 0.208. The van der Waals surface area contributed by atoms with E-state index in [2.05, 4.69) is 15.3 Å². The number of hydrogen-bond donors (Lipinski definition) is 2. The second-order valence-corrected chi connectivity index (χ2v) is 8.83. The molecule has 2 aromatic carbocycles. The van der Waals surface area contributed by atoms with E-state index in [9.17, 15) is 4.79 Å². The van der Waals surface area contributed by atoms with Crippen LogP contribution in [-0.2, 0) is 4.79 Å². The van der Waals surface area contributed by atoms with Gasteiger partial charge in [-0.3, -0.25) is 4.79 Å². The van der Waals surface area contributed by atoms with Crippen molar-refractivity contribution in [2.75, 3.05) is 31.9 Å². The number of benzene rings is 2. The molecule has 34 heavy (non-hydrogen) atoms. The van der Waals surface area contributed by atoms with E-state index in [1.54, 1.807) is 20.4 Å². The first kappa shape index (κ1) is 23.7. The predicted octanol–water partition coefficient (Wildman–Crippen LogP) is 5.35. The zero-order chi connectivity index (χ0) is 23.9. The zero-order valence-electron chi connectivity index (χ0n) is 19.0. The highest BCUT2D eigenvalue weighted by Crippen LogP contribution is 2.37. The van der Waals surface area contributed by atoms with Gasteiger partial charge >= 0.3 is 0 Å². The number of thioether (sulfide) groups is 1. The van der Waals surface area contributed by atoms with Crippen molar-refractivity contribution < 1.29 is 19.0 Å². The van der Waals surface area contributed by atoms with Gasteiger partial charge in [-0.05, 0) is 49.4 Å². The van der Waals surface area contributed by atoms with E-state index >= 15 is 0 Å². The fourth-order valence-corrected chi connectivity index (χ4v) is 4.59. The summed E-state index contributed by atoms with van der Waals surface area (Å²) in [6.45, 7) is 2.55. The number of amides is 1. The second kappa shape index (κ2) is 11.1. The normalized spacial score (nSPS) is 10.7. The summed E-state index contributed by atoms with van der Waals surface area (Å²) >= 11 is 2.72. The average Bonchev–Trinajstić information content (AvgIpc) is 3.53. The van der Waals surface area contributed by atoms with E-state index in [4.69, 9.17) is 19.2 Å². The Morgan fingerprint density at radius 3 is 2.53 bits per heavy atom. The van der Waals surface area contributed by atoms with Gasteiger partial charge in [-0.1, -0.05) is 11.8 Å². The lowest BCUT2D eigenvalue weighted by molar-refractivity contribution is -0.113. The van der Waals surface area contributed by atoms with E-state index in [1.165, 1.54) is 23.1 Å². The summed E-state index contributed by atoms with van der Waals surface area (Å²) in [4.78, 5) is 24.7. The Morgan fingerprint density at radius 1 is 1.09 bits per heavy atom. The van der Waals surface area contributed by atoms with Crippen LogP contribution in [0.4, 0.5) is 5.13 Å². The van der Waals surface area contributed by atoms with Gasteiger partial charge in [-0.15, -0.1) is 11.3 Å². The Hall–Kier alpha value is -3.50. The van der Waals surface area contributed by atoms with Gasteiger partial charge in [0.2, 0.25) is 5.91 Å². The standard InChI is InChI=1S/C24H24N4O4S2/c1-4-32-17-8-5-15(6-9-17)22-27-21(16-7-10-18(30-2)19(13-16)31-3)23(28-22)34-14-20(29)26-24-25-11-12-33-24/h5-13H,4,14H2,1-3H3,(H,27,28)(H,25,26,29). The maximum Gasteiger partial charge on any atom is 0.236 e. The van der Waals surface area contributed by atoms with Gasteiger partial charge in [0.15, 0.2) is 16.6 Å². The highest BCUT2D eigenvalue weighted by Gasteiger charge is 2.18. The Kier molecular flexibility index (Phi) is 7.71. The SMILES string of the molecule is CCOc1ccc(-c2nc(SCC(=O)Nc3nccs3)c(-c3ccc(OC)c(OC)c3)[nH]2)cc1. The van der Waals surface area contributed by atoms with Crippen LogP contribution >= 0.6 is 23.1 Å². The Balaban J connectivity index is 1.64. The molecule has 0 aliphatic rings. The number of nitrogens with zero attached hydrogens (tertiary/aromatic N) is 2. The van der Waals surface area contributed by atoms with Crippen LogP contribution in [0.2, 0.25) is 0 Å². The summed E-state index contributed by atoms with van der Waals surface area (Å²) in [7, 11) is 3.19. The first-order valence-corrected chi connectivity index (χ1v) is 12.4. The van der Waals surface area contributed by atoms with Crippen molar-refractivity contribution in [2.24, 2.45) is 0 Å². The largest absolute Gasteiger partial charge is 0.494 e. The van der Waals surface area contributed by atoms with E-state index in [1.807, 2.05) is 54.8 Å². The first-order chi connectivity index (χ1) is 16.6. The molecule has 0 spiro atoms. The van der Waals surface area contributed by atoms with Crippen molar-refractivity contribution >= 4 is 34.1 Å². The lowest BCUT2D eigenvalue weighted by Crippen LogP contribution is -2.13. The third-order valence-electron chi connectivity index (χ3n) is 4.80. The maximum atomic E-state index is 12.4. The third-order valence-corrected chi connectivity index (χ3v) is 6.46. The van der Waals surface area contributed by atoms with Crippen molar-refractivity contribution in [3.05, 3.63) is 54.0 Å². The lowest BCUT2D eigenvalue weighted by atomic mass is 10.1. The maximum absolute atomic E-state index is 12.4. The quantitative estimate of drug-likeness (QED) is 0.286. The Labute approximate surface area is 205 Å². The number of H-pyrrole nitrogens is 1. The number of aromatic amines is 1. The minimum Gasteiger partial charge on any atom is -0.494 e. The van der Waals surface area contributed by atoms with Gasteiger partial charge in [0, 0.05) is 22.7 Å². The van der Waals surface area contributed by atoms with Gasteiger partial charge in [0.1, 0.15) is 16.6 Å². The topological polar surface area (TPSA) is 98.4 Å². The molecule has 0 saturated heterocycles. The minimum atomic E-state index is -0.149. The van der Waals surface area contributed by atoms with Gasteiger partial charge in [-0.25, -0.2) is 9.97 Å². The molecular formula is C24H24N4O4S2. The van der Waals surface area contributed by atoms with Crippen LogP contribution in [0.25, 0.3) is 22.6 Å². The number of carbonyl (C=O) groups excluding carboxylic acids is 1. The summed E-state index contributed by atoms with van der Waals surface area (Å²) < 4.78 is 16.4. The number of thiazole rings is 1. The Bertz CT molecular complexity index is 1240. The number of methoxy groups -OCH3 is 2. The molecule has 0 aliphatic carbocycles. The molecule has 1 amide bonds. The molecule has 2 heterocycles. The summed E-state index contributed by atoms with van der Waals surface area (Å²) in [5, 5.41) is 5.89. The number of rotatable bonds is 10. The summed E-state index contributed by atoms with van der Waals surface area (Å²) in [6, 6.07) is 13.4. The van der Waals surface area contributed by atoms with Crippen molar-refractivity contribution in [3.63, 3.8) is 0 Å². The molecule has 2 aromatic heterocycles. The van der Waals surface area contributed by atoms with E-state index in [0.717, 1.165) is 22.6 Å². The highest BCUT2D eigenvalue weighted by molar-refractivity contribution is 8.00. The average molecular weight is 497 g/mol. The number of carbonyl (C=O) groups is 1. The van der Waals surface area contributed by atoms with E-state index < -0.39 is 0 Å². The first-order valence-electron chi connectivity index (χ1n) is 10.5. The molecule has 0 bridgehead atoms. The fourth-order valence-electron chi connectivity index (χ4n) is 3.24. The molecule has 0 saturated carbocycles. The number of nitrogens with one attached hydrogen (secondary N) is 2.